The maximum Gasteiger partial charge on any atom is 0.416 e. The summed E-state index contributed by atoms with van der Waals surface area (Å²) in [6, 6.07) is 5.29. The van der Waals surface area contributed by atoms with Gasteiger partial charge < -0.3 is 9.88 Å². The van der Waals surface area contributed by atoms with Crippen LogP contribution in [0.3, 0.4) is 0 Å². The van der Waals surface area contributed by atoms with Crippen LogP contribution in [0.4, 0.5) is 13.2 Å². The number of aromatic nitrogens is 2. The monoisotopic (exact) mass is 283 g/mol. The number of hydrogen-bond donors (Lipinski definition) is 1. The predicted molar refractivity (Wildman–Crippen MR) is 70.2 cm³/mol. The van der Waals surface area contributed by atoms with E-state index < -0.39 is 11.7 Å². The van der Waals surface area contributed by atoms with E-state index in [9.17, 15) is 13.2 Å². The Kier molecular flexibility index (Phi) is 4.13. The molecular weight excluding hydrogens is 267 g/mol. The summed E-state index contributed by atoms with van der Waals surface area (Å²) in [6.45, 7) is 0. The van der Waals surface area contributed by atoms with Crippen molar-refractivity contribution in [2.75, 3.05) is 7.05 Å². The summed E-state index contributed by atoms with van der Waals surface area (Å²) in [6.07, 6.45) is -0.325. The van der Waals surface area contributed by atoms with Crippen LogP contribution >= 0.6 is 0 Å². The third kappa shape index (κ3) is 3.39. The molecule has 0 aliphatic rings. The van der Waals surface area contributed by atoms with Crippen molar-refractivity contribution in [3.8, 4) is 0 Å². The van der Waals surface area contributed by atoms with Crippen LogP contribution in [0.1, 0.15) is 22.9 Å². The Balaban J connectivity index is 2.20. The third-order valence-corrected chi connectivity index (χ3v) is 3.12. The molecule has 1 aromatic carbocycles. The van der Waals surface area contributed by atoms with Crippen LogP contribution in [0.15, 0.2) is 36.8 Å². The molecule has 1 aromatic heterocycles. The van der Waals surface area contributed by atoms with Crippen molar-refractivity contribution in [1.29, 1.82) is 0 Å². The van der Waals surface area contributed by atoms with Crippen LogP contribution in [0.2, 0.25) is 0 Å². The summed E-state index contributed by atoms with van der Waals surface area (Å²) in [5.41, 5.74) is 0.822. The molecule has 1 heterocycles. The Morgan fingerprint density at radius 2 is 2.10 bits per heavy atom. The first-order chi connectivity index (χ1) is 9.40. The van der Waals surface area contributed by atoms with Crippen molar-refractivity contribution in [2.45, 2.75) is 18.6 Å². The molecule has 0 aliphatic heterocycles. The first-order valence-electron chi connectivity index (χ1n) is 6.21. The van der Waals surface area contributed by atoms with Crippen LogP contribution in [-0.2, 0) is 19.6 Å². The van der Waals surface area contributed by atoms with Gasteiger partial charge in [-0.1, -0.05) is 18.2 Å². The molecule has 108 valence electrons. The lowest BCUT2D eigenvalue weighted by atomic mass is 10.0. The van der Waals surface area contributed by atoms with Gasteiger partial charge in [-0.15, -0.1) is 0 Å². The lowest BCUT2D eigenvalue weighted by Crippen LogP contribution is -2.19. The van der Waals surface area contributed by atoms with E-state index in [0.29, 0.717) is 12.0 Å². The second kappa shape index (κ2) is 5.66. The molecule has 3 nitrogen and oxygen atoms in total. The highest BCUT2D eigenvalue weighted by Gasteiger charge is 2.30. The molecule has 0 saturated carbocycles. The lowest BCUT2D eigenvalue weighted by Gasteiger charge is -2.15. The van der Waals surface area contributed by atoms with Crippen molar-refractivity contribution in [1.82, 2.24) is 14.9 Å². The number of nitrogens with one attached hydrogen (secondary N) is 1. The summed E-state index contributed by atoms with van der Waals surface area (Å²) in [4.78, 5) is 4.23. The molecule has 0 fully saturated rings. The highest BCUT2D eigenvalue weighted by molar-refractivity contribution is 5.27. The number of nitrogens with zero attached hydrogens (tertiary/aromatic N) is 2. The number of likely N-dealkylation sites (N-methyl/N-ethyl adjacent to an activating group) is 1. The van der Waals surface area contributed by atoms with Gasteiger partial charge in [0.2, 0.25) is 0 Å². The van der Waals surface area contributed by atoms with Gasteiger partial charge in [0.25, 0.3) is 0 Å². The fourth-order valence-corrected chi connectivity index (χ4v) is 2.08. The Labute approximate surface area is 115 Å². The van der Waals surface area contributed by atoms with Gasteiger partial charge in [-0.05, 0) is 25.1 Å². The average molecular weight is 283 g/mol. The van der Waals surface area contributed by atoms with Crippen molar-refractivity contribution in [3.63, 3.8) is 0 Å². The van der Waals surface area contributed by atoms with Gasteiger partial charge in [-0.3, -0.25) is 0 Å². The van der Waals surface area contributed by atoms with E-state index in [1.54, 1.807) is 19.4 Å². The van der Waals surface area contributed by atoms with E-state index in [4.69, 9.17) is 0 Å². The molecule has 0 bridgehead atoms. The second-order valence-corrected chi connectivity index (χ2v) is 4.71. The lowest BCUT2D eigenvalue weighted by molar-refractivity contribution is -0.137. The normalized spacial score (nSPS) is 13.4. The van der Waals surface area contributed by atoms with Gasteiger partial charge in [-0.2, -0.15) is 13.2 Å². The Bertz CT molecular complexity index is 575. The predicted octanol–water partition coefficient (Wildman–Crippen LogP) is 2.94. The maximum atomic E-state index is 12.7. The average Bonchev–Trinajstić information content (AvgIpc) is 2.82. The number of aryl methyl sites for hydroxylation is 1. The van der Waals surface area contributed by atoms with Gasteiger partial charge in [0, 0.05) is 13.2 Å². The fourth-order valence-electron chi connectivity index (χ4n) is 2.08. The van der Waals surface area contributed by atoms with E-state index in [2.05, 4.69) is 10.3 Å². The smallest absolute Gasteiger partial charge is 0.340 e. The topological polar surface area (TPSA) is 29.9 Å². The molecule has 0 spiro atoms. The Morgan fingerprint density at radius 3 is 2.65 bits per heavy atom. The van der Waals surface area contributed by atoms with E-state index >= 15 is 0 Å². The molecule has 6 heteroatoms. The summed E-state index contributed by atoms with van der Waals surface area (Å²) in [7, 11) is 3.63. The van der Waals surface area contributed by atoms with Gasteiger partial charge >= 0.3 is 6.18 Å². The van der Waals surface area contributed by atoms with Crippen molar-refractivity contribution < 1.29 is 13.2 Å². The second-order valence-electron chi connectivity index (χ2n) is 4.71. The van der Waals surface area contributed by atoms with E-state index in [0.717, 1.165) is 11.8 Å². The van der Waals surface area contributed by atoms with Crippen molar-refractivity contribution >= 4 is 0 Å². The van der Waals surface area contributed by atoms with Crippen LogP contribution in [0, 0.1) is 0 Å². The van der Waals surface area contributed by atoms with E-state index in [1.807, 2.05) is 17.8 Å². The Morgan fingerprint density at radius 1 is 1.35 bits per heavy atom. The van der Waals surface area contributed by atoms with Crippen LogP contribution < -0.4 is 5.32 Å². The summed E-state index contributed by atoms with van der Waals surface area (Å²) >= 11 is 0. The number of alkyl halides is 3. The molecule has 0 aliphatic carbocycles. The minimum absolute atomic E-state index is 0.111. The number of benzene rings is 1. The van der Waals surface area contributed by atoms with Crippen LogP contribution in [-0.4, -0.2) is 16.6 Å². The number of halogens is 3. The van der Waals surface area contributed by atoms with Gasteiger partial charge in [-0.25, -0.2) is 4.98 Å². The molecule has 1 unspecified atom stereocenters. The third-order valence-electron chi connectivity index (χ3n) is 3.12. The van der Waals surface area contributed by atoms with Gasteiger partial charge in [0.1, 0.15) is 0 Å². The molecule has 0 radical (unpaired) electrons. The summed E-state index contributed by atoms with van der Waals surface area (Å²) in [5.74, 6) is 0. The minimum atomic E-state index is -4.31. The minimum Gasteiger partial charge on any atom is -0.340 e. The molecule has 0 amide bonds. The number of hydrogen-bond acceptors (Lipinski definition) is 2. The molecule has 0 saturated heterocycles. The zero-order valence-electron chi connectivity index (χ0n) is 11.3. The zero-order valence-corrected chi connectivity index (χ0v) is 11.3. The molecule has 2 aromatic rings. The van der Waals surface area contributed by atoms with E-state index in [1.165, 1.54) is 12.1 Å². The number of rotatable bonds is 4. The van der Waals surface area contributed by atoms with Gasteiger partial charge in [0.15, 0.2) is 0 Å². The Hall–Kier alpha value is -1.82. The van der Waals surface area contributed by atoms with Crippen molar-refractivity contribution in [2.24, 2.45) is 7.05 Å². The van der Waals surface area contributed by atoms with Crippen LogP contribution in [0.25, 0.3) is 0 Å². The van der Waals surface area contributed by atoms with E-state index in [-0.39, 0.29) is 6.04 Å². The molecule has 1 atom stereocenters. The SMILES string of the molecule is CNC(Cc1cccc(C(F)(F)F)c1)c1cn(C)cn1. The maximum absolute atomic E-state index is 12.7. The summed E-state index contributed by atoms with van der Waals surface area (Å²) in [5, 5.41) is 3.08. The molecule has 2 rings (SSSR count). The summed E-state index contributed by atoms with van der Waals surface area (Å²) < 4.78 is 39.9. The number of imidazole rings is 1. The van der Waals surface area contributed by atoms with Crippen LogP contribution in [0.5, 0.6) is 0 Å². The highest BCUT2D eigenvalue weighted by atomic mass is 19.4. The quantitative estimate of drug-likeness (QED) is 0.935. The zero-order chi connectivity index (χ0) is 14.8. The fraction of sp³-hybridized carbons (Fsp3) is 0.357. The standard InChI is InChI=1S/C14H16F3N3/c1-18-12(13-8-20(2)9-19-13)7-10-4-3-5-11(6-10)14(15,16)17/h3-6,8-9,12,18H,7H2,1-2H3. The first-order valence-corrected chi connectivity index (χ1v) is 6.21. The molecular formula is C14H16F3N3. The molecule has 20 heavy (non-hydrogen) atoms. The largest absolute Gasteiger partial charge is 0.416 e. The van der Waals surface area contributed by atoms with Gasteiger partial charge in [0.05, 0.1) is 23.6 Å². The van der Waals surface area contributed by atoms with Crippen molar-refractivity contribution in [3.05, 3.63) is 53.6 Å². The first kappa shape index (κ1) is 14.6. The highest BCUT2D eigenvalue weighted by Crippen LogP contribution is 2.30. The molecule has 1 N–H and O–H groups in total.